The molecule has 1 heteroatoms. The fraction of sp³-hybridized carbons (Fsp3) is 1.00. The Balaban J connectivity index is 4.22. The van der Waals surface area contributed by atoms with Gasteiger partial charge in [0.2, 0.25) is 0 Å². The highest BCUT2D eigenvalue weighted by atomic mass is 31.0. The van der Waals surface area contributed by atoms with Crippen molar-refractivity contribution in [1.82, 2.24) is 0 Å². The van der Waals surface area contributed by atoms with Crippen LogP contribution >= 0.6 is 9.24 Å². The van der Waals surface area contributed by atoms with Crippen LogP contribution in [-0.2, 0) is 0 Å². The quantitative estimate of drug-likeness (QED) is 0.583. The van der Waals surface area contributed by atoms with Gasteiger partial charge >= 0.3 is 0 Å². The van der Waals surface area contributed by atoms with Crippen LogP contribution in [0.2, 0.25) is 0 Å². The third-order valence-corrected chi connectivity index (χ3v) is 4.08. The lowest BCUT2D eigenvalue weighted by Gasteiger charge is -2.40. The van der Waals surface area contributed by atoms with Gasteiger partial charge in [-0.3, -0.25) is 0 Å². The Labute approximate surface area is 80.7 Å². The fourth-order valence-electron chi connectivity index (χ4n) is 1.28. The summed E-state index contributed by atoms with van der Waals surface area (Å²) in [5.74, 6) is 0.847. The van der Waals surface area contributed by atoms with E-state index >= 15 is 0 Å². The van der Waals surface area contributed by atoms with Gasteiger partial charge in [0.05, 0.1) is 0 Å². The van der Waals surface area contributed by atoms with Crippen LogP contribution in [0.3, 0.4) is 0 Å². The van der Waals surface area contributed by atoms with E-state index in [1.165, 1.54) is 12.8 Å². The third-order valence-electron chi connectivity index (χ3n) is 3.30. The Morgan fingerprint density at radius 2 is 1.58 bits per heavy atom. The molecule has 2 unspecified atom stereocenters. The molecule has 0 bridgehead atoms. The van der Waals surface area contributed by atoms with Gasteiger partial charge in [-0.2, -0.15) is 0 Å². The average molecular weight is 188 g/mol. The Kier molecular flexibility index (Phi) is 4.24. The van der Waals surface area contributed by atoms with Crippen molar-refractivity contribution in [1.29, 1.82) is 0 Å². The van der Waals surface area contributed by atoms with Crippen LogP contribution in [0.4, 0.5) is 0 Å². The number of hydrogen-bond acceptors (Lipinski definition) is 0. The smallest absolute Gasteiger partial charge is 0.0155 e. The summed E-state index contributed by atoms with van der Waals surface area (Å²) in [6.45, 7) is 14.0. The van der Waals surface area contributed by atoms with Crippen molar-refractivity contribution in [2.45, 2.75) is 59.5 Å². The molecule has 0 spiro atoms. The maximum absolute atomic E-state index is 2.97. The molecule has 0 aliphatic heterocycles. The molecule has 0 nitrogen and oxygen atoms in total. The van der Waals surface area contributed by atoms with Gasteiger partial charge in [-0.25, -0.2) is 0 Å². The lowest BCUT2D eigenvalue weighted by atomic mass is 9.73. The summed E-state index contributed by atoms with van der Waals surface area (Å²) < 4.78 is 0. The Morgan fingerprint density at radius 1 is 1.17 bits per heavy atom. The minimum atomic E-state index is 0.344. The normalized spacial score (nSPS) is 16.2. The summed E-state index contributed by atoms with van der Waals surface area (Å²) in [6, 6.07) is 0. The Morgan fingerprint density at radius 3 is 1.83 bits per heavy atom. The molecule has 0 aromatic carbocycles. The molecule has 0 heterocycles. The van der Waals surface area contributed by atoms with Crippen LogP contribution in [-0.4, -0.2) is 5.16 Å². The van der Waals surface area contributed by atoms with E-state index in [1.807, 2.05) is 0 Å². The first-order chi connectivity index (χ1) is 5.20. The Hall–Kier alpha value is 0.430. The molecular weight excluding hydrogens is 163 g/mol. The molecule has 0 aliphatic rings. The first kappa shape index (κ1) is 12.4. The van der Waals surface area contributed by atoms with E-state index in [0.29, 0.717) is 10.6 Å². The van der Waals surface area contributed by atoms with Crippen molar-refractivity contribution in [3.8, 4) is 0 Å². The highest BCUT2D eigenvalue weighted by Gasteiger charge is 2.33. The van der Waals surface area contributed by atoms with Crippen LogP contribution < -0.4 is 0 Å². The zero-order valence-electron chi connectivity index (χ0n) is 9.57. The second-order valence-electron chi connectivity index (χ2n) is 5.32. The summed E-state index contributed by atoms with van der Waals surface area (Å²) in [6.07, 6.45) is 2.62. The van der Waals surface area contributed by atoms with Crippen LogP contribution in [0.1, 0.15) is 54.4 Å². The van der Waals surface area contributed by atoms with Crippen molar-refractivity contribution in [2.24, 2.45) is 11.3 Å². The Bertz CT molecular complexity index is 130. The lowest BCUT2D eigenvalue weighted by molar-refractivity contribution is 0.216. The molecule has 0 aliphatic carbocycles. The summed E-state index contributed by atoms with van der Waals surface area (Å²) >= 11 is 0. The molecule has 0 rings (SSSR count). The van der Waals surface area contributed by atoms with Crippen LogP contribution in [0.25, 0.3) is 0 Å². The van der Waals surface area contributed by atoms with Gasteiger partial charge in [-0.05, 0) is 22.9 Å². The first-order valence-corrected chi connectivity index (χ1v) is 5.57. The van der Waals surface area contributed by atoms with E-state index in [9.17, 15) is 0 Å². The number of rotatable bonds is 4. The minimum absolute atomic E-state index is 0.344. The summed E-state index contributed by atoms with van der Waals surface area (Å²) in [4.78, 5) is 0. The molecule has 0 fully saturated rings. The van der Waals surface area contributed by atoms with E-state index in [1.54, 1.807) is 0 Å². The standard InChI is InChI=1S/C11H25P/c1-7-9(2)8-10(3,4)11(5,6)12/h9H,7-8,12H2,1-6H3. The molecule has 0 radical (unpaired) electrons. The second kappa shape index (κ2) is 4.09. The van der Waals surface area contributed by atoms with E-state index in [0.717, 1.165) is 5.92 Å². The van der Waals surface area contributed by atoms with Crippen LogP contribution in [0.15, 0.2) is 0 Å². The van der Waals surface area contributed by atoms with Crippen molar-refractivity contribution >= 4 is 9.24 Å². The van der Waals surface area contributed by atoms with Crippen molar-refractivity contribution in [3.05, 3.63) is 0 Å². The molecule has 12 heavy (non-hydrogen) atoms. The maximum atomic E-state index is 2.97. The largest absolute Gasteiger partial charge is 0.131 e. The zero-order chi connectivity index (χ0) is 9.99. The first-order valence-electron chi connectivity index (χ1n) is 4.99. The topological polar surface area (TPSA) is 0 Å². The van der Waals surface area contributed by atoms with Gasteiger partial charge in [0.25, 0.3) is 0 Å². The van der Waals surface area contributed by atoms with E-state index in [4.69, 9.17) is 0 Å². The van der Waals surface area contributed by atoms with Crippen molar-refractivity contribution in [3.63, 3.8) is 0 Å². The van der Waals surface area contributed by atoms with Gasteiger partial charge in [-0.15, -0.1) is 9.24 Å². The van der Waals surface area contributed by atoms with Gasteiger partial charge in [0, 0.05) is 0 Å². The van der Waals surface area contributed by atoms with E-state index in [2.05, 4.69) is 50.8 Å². The molecule has 0 aromatic heterocycles. The summed E-state index contributed by atoms with van der Waals surface area (Å²) in [7, 11) is 2.97. The molecule has 0 saturated heterocycles. The molecule has 0 amide bonds. The van der Waals surface area contributed by atoms with Crippen LogP contribution in [0.5, 0.6) is 0 Å². The molecule has 0 N–H and O–H groups in total. The average Bonchev–Trinajstić information content (AvgIpc) is 1.84. The predicted octanol–water partition coefficient (Wildman–Crippen LogP) is 4.10. The monoisotopic (exact) mass is 188 g/mol. The third kappa shape index (κ3) is 3.44. The SMILES string of the molecule is CCC(C)CC(C)(C)C(C)(C)P. The van der Waals surface area contributed by atoms with Gasteiger partial charge < -0.3 is 0 Å². The maximum Gasteiger partial charge on any atom is -0.0155 e. The lowest BCUT2D eigenvalue weighted by Crippen LogP contribution is -2.34. The summed E-state index contributed by atoms with van der Waals surface area (Å²) in [5, 5.41) is 0.344. The molecular formula is C11H25P. The second-order valence-corrected chi connectivity index (χ2v) is 6.77. The van der Waals surface area contributed by atoms with Crippen molar-refractivity contribution in [2.75, 3.05) is 0 Å². The van der Waals surface area contributed by atoms with Crippen LogP contribution in [0, 0.1) is 11.3 Å². The molecule has 74 valence electrons. The van der Waals surface area contributed by atoms with E-state index < -0.39 is 0 Å². The number of hydrogen-bond donors (Lipinski definition) is 0. The zero-order valence-corrected chi connectivity index (χ0v) is 10.7. The van der Waals surface area contributed by atoms with Crippen molar-refractivity contribution < 1.29 is 0 Å². The van der Waals surface area contributed by atoms with E-state index in [-0.39, 0.29) is 0 Å². The van der Waals surface area contributed by atoms with Gasteiger partial charge in [-0.1, -0.05) is 48.0 Å². The summed E-state index contributed by atoms with van der Waals surface area (Å²) in [5.41, 5.74) is 0.424. The highest BCUT2D eigenvalue weighted by Crippen LogP contribution is 2.43. The molecule has 0 saturated carbocycles. The molecule has 0 aromatic rings. The predicted molar refractivity (Wildman–Crippen MR) is 61.6 cm³/mol. The fourth-order valence-corrected chi connectivity index (χ4v) is 1.40. The minimum Gasteiger partial charge on any atom is -0.131 e. The molecule has 2 atom stereocenters. The highest BCUT2D eigenvalue weighted by molar-refractivity contribution is 7.18. The van der Waals surface area contributed by atoms with Gasteiger partial charge in [0.1, 0.15) is 0 Å². The van der Waals surface area contributed by atoms with Gasteiger partial charge in [0.15, 0.2) is 0 Å².